The Kier molecular flexibility index (Phi) is 2.28. The highest BCUT2D eigenvalue weighted by Gasteiger charge is 2.21. The van der Waals surface area contributed by atoms with E-state index < -0.39 is 0 Å². The summed E-state index contributed by atoms with van der Waals surface area (Å²) >= 11 is 1.56. The van der Waals surface area contributed by atoms with Crippen molar-refractivity contribution < 1.29 is 4.79 Å². The lowest BCUT2D eigenvalue weighted by atomic mass is 10.4. The van der Waals surface area contributed by atoms with Gasteiger partial charge in [-0.3, -0.25) is 9.69 Å². The molecule has 2 heterocycles. The highest BCUT2D eigenvalue weighted by Crippen LogP contribution is 2.21. The van der Waals surface area contributed by atoms with Crippen LogP contribution in [-0.2, 0) is 4.79 Å². The molecule has 0 saturated carbocycles. The summed E-state index contributed by atoms with van der Waals surface area (Å²) in [7, 11) is 0. The van der Waals surface area contributed by atoms with Gasteiger partial charge in [-0.05, 0) is 6.92 Å². The molecule has 2 rings (SSSR count). The number of nitrogens with one attached hydrogen (secondary N) is 1. The number of aryl methyl sites for hydroxylation is 1. The van der Waals surface area contributed by atoms with Gasteiger partial charge in [0.1, 0.15) is 0 Å². The molecule has 1 saturated heterocycles. The van der Waals surface area contributed by atoms with Gasteiger partial charge in [-0.1, -0.05) is 0 Å². The molecule has 0 aromatic carbocycles. The summed E-state index contributed by atoms with van der Waals surface area (Å²) < 4.78 is 0. The van der Waals surface area contributed by atoms with Gasteiger partial charge in [0.05, 0.1) is 6.54 Å². The van der Waals surface area contributed by atoms with Gasteiger partial charge in [-0.25, -0.2) is 4.98 Å². The normalized spacial score (nSPS) is 17.9. The van der Waals surface area contributed by atoms with E-state index in [1.165, 1.54) is 0 Å². The largest absolute Gasteiger partial charge is 0.307 e. The van der Waals surface area contributed by atoms with Crippen molar-refractivity contribution >= 4 is 22.4 Å². The molecule has 1 fully saturated rings. The van der Waals surface area contributed by atoms with E-state index in [1.54, 1.807) is 22.4 Å². The number of thiazole rings is 1. The van der Waals surface area contributed by atoms with Crippen molar-refractivity contribution in [1.82, 2.24) is 10.3 Å². The minimum absolute atomic E-state index is 0.112. The fourth-order valence-electron chi connectivity index (χ4n) is 1.28. The van der Waals surface area contributed by atoms with Crippen molar-refractivity contribution in [2.45, 2.75) is 6.92 Å². The Hall–Kier alpha value is -0.940. The zero-order valence-electron chi connectivity index (χ0n) is 7.41. The van der Waals surface area contributed by atoms with Crippen molar-refractivity contribution in [2.24, 2.45) is 0 Å². The zero-order valence-corrected chi connectivity index (χ0v) is 8.23. The van der Waals surface area contributed by atoms with E-state index in [0.29, 0.717) is 6.54 Å². The Morgan fingerprint density at radius 2 is 2.54 bits per heavy atom. The summed E-state index contributed by atoms with van der Waals surface area (Å²) in [4.78, 5) is 18.5. The van der Waals surface area contributed by atoms with Crippen LogP contribution in [0.3, 0.4) is 0 Å². The average Bonchev–Trinajstić information content (AvgIpc) is 2.53. The van der Waals surface area contributed by atoms with Crippen LogP contribution in [0.5, 0.6) is 0 Å². The third-order valence-electron chi connectivity index (χ3n) is 1.93. The van der Waals surface area contributed by atoms with Gasteiger partial charge in [0.2, 0.25) is 5.91 Å². The third kappa shape index (κ3) is 1.71. The van der Waals surface area contributed by atoms with Gasteiger partial charge in [0, 0.05) is 24.2 Å². The predicted octanol–water partition coefficient (Wildman–Crippen LogP) is 0.388. The summed E-state index contributed by atoms with van der Waals surface area (Å²) in [5.74, 6) is 0.112. The van der Waals surface area contributed by atoms with Gasteiger partial charge in [0.15, 0.2) is 5.13 Å². The van der Waals surface area contributed by atoms with Crippen molar-refractivity contribution in [3.63, 3.8) is 0 Å². The van der Waals surface area contributed by atoms with Crippen LogP contribution in [0.2, 0.25) is 0 Å². The lowest BCUT2D eigenvalue weighted by Crippen LogP contribution is -2.48. The minimum atomic E-state index is 0.112. The number of carbonyl (C=O) groups is 1. The Labute approximate surface area is 80.6 Å². The Morgan fingerprint density at radius 1 is 1.69 bits per heavy atom. The molecule has 1 aliphatic heterocycles. The smallest absolute Gasteiger partial charge is 0.242 e. The first-order chi connectivity index (χ1) is 6.27. The number of carbonyl (C=O) groups excluding carboxylic acids is 1. The minimum Gasteiger partial charge on any atom is -0.307 e. The summed E-state index contributed by atoms with van der Waals surface area (Å²) in [6, 6.07) is 0. The number of amides is 1. The van der Waals surface area contributed by atoms with Crippen LogP contribution in [0.25, 0.3) is 0 Å². The summed E-state index contributed by atoms with van der Waals surface area (Å²) in [6.45, 7) is 4.00. The maximum absolute atomic E-state index is 11.4. The molecule has 70 valence electrons. The molecular weight excluding hydrogens is 186 g/mol. The van der Waals surface area contributed by atoms with Gasteiger partial charge in [-0.15, -0.1) is 11.3 Å². The molecule has 0 aliphatic carbocycles. The number of nitrogens with zero attached hydrogens (tertiary/aromatic N) is 2. The Balaban J connectivity index is 2.19. The molecule has 0 atom stereocenters. The maximum atomic E-state index is 11.4. The predicted molar refractivity (Wildman–Crippen MR) is 52.1 cm³/mol. The van der Waals surface area contributed by atoms with Gasteiger partial charge in [-0.2, -0.15) is 0 Å². The lowest BCUT2D eigenvalue weighted by Gasteiger charge is -2.24. The van der Waals surface area contributed by atoms with E-state index >= 15 is 0 Å². The van der Waals surface area contributed by atoms with E-state index in [1.807, 2.05) is 6.92 Å². The second-order valence-corrected chi connectivity index (χ2v) is 4.19. The maximum Gasteiger partial charge on any atom is 0.242 e. The third-order valence-corrected chi connectivity index (χ3v) is 2.87. The quantitative estimate of drug-likeness (QED) is 0.708. The molecule has 4 nitrogen and oxygen atoms in total. The summed E-state index contributed by atoms with van der Waals surface area (Å²) in [6.07, 6.45) is 1.80. The van der Waals surface area contributed by atoms with Crippen molar-refractivity contribution in [3.8, 4) is 0 Å². The van der Waals surface area contributed by atoms with E-state index in [4.69, 9.17) is 0 Å². The number of hydrogen-bond donors (Lipinski definition) is 1. The molecule has 1 N–H and O–H groups in total. The Bertz CT molecular complexity index is 323. The molecule has 0 radical (unpaired) electrons. The van der Waals surface area contributed by atoms with Crippen molar-refractivity contribution in [1.29, 1.82) is 0 Å². The van der Waals surface area contributed by atoms with Crippen LogP contribution in [0.15, 0.2) is 6.20 Å². The lowest BCUT2D eigenvalue weighted by molar-refractivity contribution is -0.118. The molecule has 1 aromatic heterocycles. The molecule has 0 unspecified atom stereocenters. The highest BCUT2D eigenvalue weighted by molar-refractivity contribution is 7.15. The Morgan fingerprint density at radius 3 is 3.15 bits per heavy atom. The first-order valence-corrected chi connectivity index (χ1v) is 5.02. The van der Waals surface area contributed by atoms with Gasteiger partial charge >= 0.3 is 0 Å². The number of piperazine rings is 1. The molecule has 0 bridgehead atoms. The van der Waals surface area contributed by atoms with Gasteiger partial charge < -0.3 is 5.32 Å². The number of hydrogen-bond acceptors (Lipinski definition) is 4. The number of anilines is 1. The fourth-order valence-corrected chi connectivity index (χ4v) is 2.08. The van der Waals surface area contributed by atoms with Crippen molar-refractivity contribution in [3.05, 3.63) is 11.1 Å². The van der Waals surface area contributed by atoms with Gasteiger partial charge in [0.25, 0.3) is 0 Å². The highest BCUT2D eigenvalue weighted by atomic mass is 32.1. The van der Waals surface area contributed by atoms with Crippen LogP contribution < -0.4 is 10.2 Å². The summed E-state index contributed by atoms with van der Waals surface area (Å²) in [5.41, 5.74) is 0. The van der Waals surface area contributed by atoms with E-state index in [2.05, 4.69) is 10.3 Å². The van der Waals surface area contributed by atoms with Crippen LogP contribution in [0, 0.1) is 6.92 Å². The molecule has 1 aromatic rings. The molecule has 1 amide bonds. The SMILES string of the molecule is Cc1cnc(N2CCNCC2=O)s1. The molecule has 1 aliphatic rings. The fraction of sp³-hybridized carbons (Fsp3) is 0.500. The first kappa shape index (κ1) is 8.65. The van der Waals surface area contributed by atoms with Crippen LogP contribution in [0.4, 0.5) is 5.13 Å². The first-order valence-electron chi connectivity index (χ1n) is 4.21. The number of rotatable bonds is 1. The second kappa shape index (κ2) is 3.43. The van der Waals surface area contributed by atoms with Crippen LogP contribution >= 0.6 is 11.3 Å². The molecule has 0 spiro atoms. The molecular formula is C8H11N3OS. The topological polar surface area (TPSA) is 45.2 Å². The van der Waals surface area contributed by atoms with Crippen LogP contribution in [0.1, 0.15) is 4.88 Å². The standard InChI is InChI=1S/C8H11N3OS/c1-6-4-10-8(13-6)11-3-2-9-5-7(11)12/h4,9H,2-3,5H2,1H3. The summed E-state index contributed by atoms with van der Waals surface area (Å²) in [5, 5.41) is 3.85. The molecule has 13 heavy (non-hydrogen) atoms. The number of aromatic nitrogens is 1. The van der Waals surface area contributed by atoms with E-state index in [0.717, 1.165) is 23.1 Å². The van der Waals surface area contributed by atoms with Crippen LogP contribution in [-0.4, -0.2) is 30.5 Å². The zero-order chi connectivity index (χ0) is 9.26. The molecule has 5 heteroatoms. The average molecular weight is 197 g/mol. The van der Waals surface area contributed by atoms with Crippen molar-refractivity contribution in [2.75, 3.05) is 24.5 Å². The monoisotopic (exact) mass is 197 g/mol. The second-order valence-electron chi connectivity index (χ2n) is 2.98. The van der Waals surface area contributed by atoms with E-state index in [9.17, 15) is 4.79 Å². The van der Waals surface area contributed by atoms with E-state index in [-0.39, 0.29) is 5.91 Å².